The summed E-state index contributed by atoms with van der Waals surface area (Å²) >= 11 is 0. The molecule has 1 amide bonds. The highest BCUT2D eigenvalue weighted by atomic mass is 35.5. The van der Waals surface area contributed by atoms with Gasteiger partial charge in [0.25, 0.3) is 0 Å². The Hall–Kier alpha value is -1.13. The van der Waals surface area contributed by atoms with Crippen molar-refractivity contribution in [3.8, 4) is 0 Å². The van der Waals surface area contributed by atoms with Crippen LogP contribution in [0.2, 0.25) is 0 Å². The molecule has 88 valence electrons. The molecule has 5 heteroatoms. The second-order valence-corrected chi connectivity index (χ2v) is 3.64. The van der Waals surface area contributed by atoms with Crippen LogP contribution in [0.3, 0.4) is 0 Å². The van der Waals surface area contributed by atoms with Crippen molar-refractivity contribution < 1.29 is 9.18 Å². The van der Waals surface area contributed by atoms with Crippen LogP contribution in [0, 0.1) is 5.82 Å². The molecule has 0 bridgehead atoms. The molecular weight excluding hydrogens is 231 g/mol. The number of hydrogen-bond donors (Lipinski definition) is 2. The minimum absolute atomic E-state index is 0. The van der Waals surface area contributed by atoms with Crippen molar-refractivity contribution in [2.45, 2.75) is 19.0 Å². The summed E-state index contributed by atoms with van der Waals surface area (Å²) in [5, 5.41) is 5.82. The van der Waals surface area contributed by atoms with Crippen molar-refractivity contribution in [3.63, 3.8) is 0 Å². The van der Waals surface area contributed by atoms with Crippen LogP contribution in [0.15, 0.2) is 24.3 Å². The summed E-state index contributed by atoms with van der Waals surface area (Å²) in [7, 11) is 0. The van der Waals surface area contributed by atoms with E-state index in [1.165, 1.54) is 12.1 Å². The first kappa shape index (κ1) is 12.9. The van der Waals surface area contributed by atoms with E-state index in [-0.39, 0.29) is 30.2 Å². The summed E-state index contributed by atoms with van der Waals surface area (Å²) in [4.78, 5) is 11.4. The Balaban J connectivity index is 0.00000128. The highest BCUT2D eigenvalue weighted by Crippen LogP contribution is 2.04. The summed E-state index contributed by atoms with van der Waals surface area (Å²) in [6, 6.07) is 6.09. The zero-order valence-electron chi connectivity index (χ0n) is 8.70. The monoisotopic (exact) mass is 244 g/mol. The van der Waals surface area contributed by atoms with Gasteiger partial charge < -0.3 is 10.6 Å². The zero-order chi connectivity index (χ0) is 10.7. The van der Waals surface area contributed by atoms with E-state index < -0.39 is 0 Å². The molecule has 3 nitrogen and oxygen atoms in total. The zero-order valence-corrected chi connectivity index (χ0v) is 9.52. The van der Waals surface area contributed by atoms with Crippen LogP contribution in [-0.4, -0.2) is 18.5 Å². The number of nitrogens with one attached hydrogen (secondary N) is 2. The van der Waals surface area contributed by atoms with E-state index in [9.17, 15) is 9.18 Å². The van der Waals surface area contributed by atoms with Gasteiger partial charge in [0.1, 0.15) is 5.82 Å². The van der Waals surface area contributed by atoms with Gasteiger partial charge in [-0.25, -0.2) is 4.39 Å². The van der Waals surface area contributed by atoms with E-state index in [1.54, 1.807) is 12.1 Å². The average Bonchev–Trinajstić information content (AvgIpc) is 2.14. The quantitative estimate of drug-likeness (QED) is 0.840. The van der Waals surface area contributed by atoms with E-state index >= 15 is 0 Å². The SMILES string of the molecule is Cl.O=C(NCc1ccc(F)cc1)[C@H]1CCN1. The summed E-state index contributed by atoms with van der Waals surface area (Å²) in [6.45, 7) is 1.37. The highest BCUT2D eigenvalue weighted by Gasteiger charge is 2.23. The minimum Gasteiger partial charge on any atom is -0.351 e. The molecule has 0 unspecified atom stereocenters. The second-order valence-electron chi connectivity index (χ2n) is 3.64. The van der Waals surface area contributed by atoms with Gasteiger partial charge in [0, 0.05) is 6.54 Å². The lowest BCUT2D eigenvalue weighted by molar-refractivity contribution is -0.124. The van der Waals surface area contributed by atoms with Gasteiger partial charge >= 0.3 is 0 Å². The second kappa shape index (κ2) is 5.82. The summed E-state index contributed by atoms with van der Waals surface area (Å²) in [5.74, 6) is -0.240. The number of amides is 1. The van der Waals surface area contributed by atoms with E-state index in [1.807, 2.05) is 0 Å². The number of rotatable bonds is 3. The van der Waals surface area contributed by atoms with Gasteiger partial charge in [0.15, 0.2) is 0 Å². The maximum absolute atomic E-state index is 12.6. The minimum atomic E-state index is -0.259. The lowest BCUT2D eigenvalue weighted by Crippen LogP contribution is -2.52. The van der Waals surface area contributed by atoms with Crippen molar-refractivity contribution >= 4 is 18.3 Å². The van der Waals surface area contributed by atoms with Gasteiger partial charge in [-0.2, -0.15) is 0 Å². The van der Waals surface area contributed by atoms with Crippen molar-refractivity contribution in [1.82, 2.24) is 10.6 Å². The van der Waals surface area contributed by atoms with Gasteiger partial charge in [-0.3, -0.25) is 4.79 Å². The largest absolute Gasteiger partial charge is 0.351 e. The number of hydrogen-bond acceptors (Lipinski definition) is 2. The van der Waals surface area contributed by atoms with Crippen molar-refractivity contribution in [2.75, 3.05) is 6.54 Å². The molecule has 1 aliphatic heterocycles. The van der Waals surface area contributed by atoms with Gasteiger partial charge in [-0.15, -0.1) is 12.4 Å². The predicted octanol–water partition coefficient (Wildman–Crippen LogP) is 1.23. The van der Waals surface area contributed by atoms with Crippen molar-refractivity contribution in [1.29, 1.82) is 0 Å². The number of halogens is 2. The van der Waals surface area contributed by atoms with Crippen molar-refractivity contribution in [2.24, 2.45) is 0 Å². The van der Waals surface area contributed by atoms with Gasteiger partial charge in [-0.05, 0) is 30.7 Å². The molecule has 1 fully saturated rings. The first-order chi connectivity index (χ1) is 7.25. The predicted molar refractivity (Wildman–Crippen MR) is 61.9 cm³/mol. The maximum atomic E-state index is 12.6. The Morgan fingerprint density at radius 2 is 2.06 bits per heavy atom. The number of benzene rings is 1. The molecule has 1 saturated heterocycles. The van der Waals surface area contributed by atoms with E-state index in [0.717, 1.165) is 18.5 Å². The molecule has 1 aromatic rings. The van der Waals surface area contributed by atoms with Gasteiger partial charge in [-0.1, -0.05) is 12.1 Å². The van der Waals surface area contributed by atoms with Crippen LogP contribution in [0.4, 0.5) is 4.39 Å². The molecule has 16 heavy (non-hydrogen) atoms. The Bertz CT molecular complexity index is 352. The molecule has 0 radical (unpaired) electrons. The van der Waals surface area contributed by atoms with Crippen LogP contribution in [0.1, 0.15) is 12.0 Å². The molecular formula is C11H14ClFN2O. The Morgan fingerprint density at radius 3 is 2.56 bits per heavy atom. The maximum Gasteiger partial charge on any atom is 0.237 e. The van der Waals surface area contributed by atoms with E-state index in [4.69, 9.17) is 0 Å². The first-order valence-electron chi connectivity index (χ1n) is 5.01. The Kier molecular flexibility index (Phi) is 4.71. The van der Waals surface area contributed by atoms with Crippen LogP contribution >= 0.6 is 12.4 Å². The van der Waals surface area contributed by atoms with Gasteiger partial charge in [0.2, 0.25) is 5.91 Å². The van der Waals surface area contributed by atoms with E-state index in [2.05, 4.69) is 10.6 Å². The molecule has 1 aromatic carbocycles. The van der Waals surface area contributed by atoms with Gasteiger partial charge in [0.05, 0.1) is 6.04 Å². The third-order valence-electron chi connectivity index (χ3n) is 2.52. The molecule has 1 heterocycles. The summed E-state index contributed by atoms with van der Waals surface area (Å²) in [6.07, 6.45) is 0.898. The fourth-order valence-electron chi connectivity index (χ4n) is 1.43. The number of carbonyl (C=O) groups is 1. The fourth-order valence-corrected chi connectivity index (χ4v) is 1.43. The van der Waals surface area contributed by atoms with Crippen LogP contribution in [-0.2, 0) is 11.3 Å². The third kappa shape index (κ3) is 3.18. The molecule has 2 N–H and O–H groups in total. The molecule has 0 aromatic heterocycles. The van der Waals surface area contributed by atoms with Crippen LogP contribution in [0.25, 0.3) is 0 Å². The highest BCUT2D eigenvalue weighted by molar-refractivity contribution is 5.85. The lowest BCUT2D eigenvalue weighted by atomic mass is 10.1. The van der Waals surface area contributed by atoms with Crippen LogP contribution < -0.4 is 10.6 Å². The molecule has 0 spiro atoms. The third-order valence-corrected chi connectivity index (χ3v) is 2.52. The molecule has 1 aliphatic rings. The fraction of sp³-hybridized carbons (Fsp3) is 0.364. The Morgan fingerprint density at radius 1 is 1.44 bits per heavy atom. The van der Waals surface area contributed by atoms with Crippen LogP contribution in [0.5, 0.6) is 0 Å². The summed E-state index contributed by atoms with van der Waals surface area (Å²) < 4.78 is 12.6. The Labute approximate surface area is 99.8 Å². The molecule has 2 rings (SSSR count). The normalized spacial score (nSPS) is 18.2. The summed E-state index contributed by atoms with van der Waals surface area (Å²) in [5.41, 5.74) is 0.907. The molecule has 0 saturated carbocycles. The molecule has 0 aliphatic carbocycles. The standard InChI is InChI=1S/C11H13FN2O.ClH/c12-9-3-1-8(2-4-9)7-14-11(15)10-5-6-13-10;/h1-4,10,13H,5-7H2,(H,14,15);1H/t10-;/m1./s1. The molecule has 1 atom stereocenters. The topological polar surface area (TPSA) is 41.1 Å². The number of carbonyl (C=O) groups excluding carboxylic acids is 1. The average molecular weight is 245 g/mol. The van der Waals surface area contributed by atoms with Crippen molar-refractivity contribution in [3.05, 3.63) is 35.6 Å². The van der Waals surface area contributed by atoms with E-state index in [0.29, 0.717) is 6.54 Å². The lowest BCUT2D eigenvalue weighted by Gasteiger charge is -2.26. The smallest absolute Gasteiger partial charge is 0.237 e. The first-order valence-corrected chi connectivity index (χ1v) is 5.01.